The maximum Gasteiger partial charge on any atom is 0.516 e. The zero-order chi connectivity index (χ0) is 10.5. The lowest BCUT2D eigenvalue weighted by atomic mass is 10.0. The minimum Gasteiger partial charge on any atom is -0.434 e. The lowest BCUT2D eigenvalue weighted by Gasteiger charge is -2.15. The van der Waals surface area contributed by atoms with E-state index in [0.29, 0.717) is 0 Å². The fourth-order valence-corrected chi connectivity index (χ4v) is 0.648. The minimum absolute atomic E-state index is 0. The number of hydrogen-bond donors (Lipinski definition) is 1. The number of esters is 1. The molecule has 0 aliphatic heterocycles. The van der Waals surface area contributed by atoms with Gasteiger partial charge in [-0.05, 0) is 20.8 Å². The fraction of sp³-hybridized carbons (Fsp3) is 0.750. The highest BCUT2D eigenvalue weighted by molar-refractivity contribution is 5.85. The van der Waals surface area contributed by atoms with Gasteiger partial charge in [0.1, 0.15) is 0 Å². The largest absolute Gasteiger partial charge is 0.516 e. The molecule has 14 heavy (non-hydrogen) atoms. The standard InChI is InChI=1S/C8H15NO4.ClH/c1-4-12-7(11)13-6(10)5-8(2,3)9;/h4-5,9H2,1-3H3;1H. The van der Waals surface area contributed by atoms with Crippen LogP contribution in [0, 0.1) is 0 Å². The first kappa shape index (κ1) is 15.7. The lowest BCUT2D eigenvalue weighted by molar-refractivity contribution is -0.140. The van der Waals surface area contributed by atoms with Gasteiger partial charge in [0.15, 0.2) is 0 Å². The second-order valence-corrected chi connectivity index (χ2v) is 3.32. The second-order valence-electron chi connectivity index (χ2n) is 3.32. The van der Waals surface area contributed by atoms with Crippen molar-refractivity contribution in [3.8, 4) is 0 Å². The molecule has 0 aromatic carbocycles. The van der Waals surface area contributed by atoms with Crippen LogP contribution in [-0.2, 0) is 14.3 Å². The summed E-state index contributed by atoms with van der Waals surface area (Å²) < 4.78 is 8.69. The lowest BCUT2D eigenvalue weighted by Crippen LogP contribution is -2.35. The van der Waals surface area contributed by atoms with Crippen LogP contribution in [0.15, 0.2) is 0 Å². The molecule has 0 bridgehead atoms. The van der Waals surface area contributed by atoms with Crippen molar-refractivity contribution in [2.75, 3.05) is 6.61 Å². The van der Waals surface area contributed by atoms with Gasteiger partial charge in [0.05, 0.1) is 13.0 Å². The number of carbonyl (C=O) groups is 2. The normalized spacial score (nSPS) is 10.0. The van der Waals surface area contributed by atoms with Crippen LogP contribution in [0.4, 0.5) is 4.79 Å². The first-order valence-electron chi connectivity index (χ1n) is 4.01. The van der Waals surface area contributed by atoms with Gasteiger partial charge >= 0.3 is 12.1 Å². The average Bonchev–Trinajstić information content (AvgIpc) is 1.81. The predicted molar refractivity (Wildman–Crippen MR) is 53.2 cm³/mol. The summed E-state index contributed by atoms with van der Waals surface area (Å²) in [5, 5.41) is 0. The summed E-state index contributed by atoms with van der Waals surface area (Å²) in [5.74, 6) is -0.675. The summed E-state index contributed by atoms with van der Waals surface area (Å²) in [4.78, 5) is 21.6. The molecule has 0 rings (SSSR count). The third kappa shape index (κ3) is 9.28. The summed E-state index contributed by atoms with van der Waals surface area (Å²) in [6.07, 6.45) is -0.997. The quantitative estimate of drug-likeness (QED) is 0.578. The van der Waals surface area contributed by atoms with Gasteiger partial charge in [0.2, 0.25) is 0 Å². The van der Waals surface area contributed by atoms with E-state index in [1.54, 1.807) is 20.8 Å². The van der Waals surface area contributed by atoms with Gasteiger partial charge in [-0.2, -0.15) is 0 Å². The molecule has 5 nitrogen and oxygen atoms in total. The van der Waals surface area contributed by atoms with Crippen molar-refractivity contribution in [3.05, 3.63) is 0 Å². The molecule has 0 spiro atoms. The first-order chi connectivity index (χ1) is 5.85. The Hall–Kier alpha value is -0.810. The number of rotatable bonds is 3. The van der Waals surface area contributed by atoms with Gasteiger partial charge in [0, 0.05) is 5.54 Å². The average molecular weight is 226 g/mol. The maximum absolute atomic E-state index is 10.9. The molecule has 84 valence electrons. The molecule has 0 aliphatic carbocycles. The Morgan fingerprint density at radius 1 is 1.36 bits per heavy atom. The van der Waals surface area contributed by atoms with Crippen LogP contribution in [0.25, 0.3) is 0 Å². The first-order valence-corrected chi connectivity index (χ1v) is 4.01. The van der Waals surface area contributed by atoms with Crippen LogP contribution in [0.1, 0.15) is 27.2 Å². The molecule has 6 heteroatoms. The summed E-state index contributed by atoms with van der Waals surface area (Å²) in [6, 6.07) is 0. The Morgan fingerprint density at radius 3 is 2.21 bits per heavy atom. The summed E-state index contributed by atoms with van der Waals surface area (Å²) in [5.41, 5.74) is 4.86. The Bertz CT molecular complexity index is 200. The van der Waals surface area contributed by atoms with E-state index < -0.39 is 17.7 Å². The van der Waals surface area contributed by atoms with Gasteiger partial charge in [0.25, 0.3) is 0 Å². The highest BCUT2D eigenvalue weighted by Crippen LogP contribution is 2.05. The Morgan fingerprint density at radius 2 is 1.86 bits per heavy atom. The van der Waals surface area contributed by atoms with E-state index in [1.165, 1.54) is 0 Å². The van der Waals surface area contributed by atoms with Gasteiger partial charge in [-0.15, -0.1) is 12.4 Å². The summed E-state index contributed by atoms with van der Waals surface area (Å²) >= 11 is 0. The topological polar surface area (TPSA) is 78.6 Å². The third-order valence-corrected chi connectivity index (χ3v) is 1.06. The Balaban J connectivity index is 0. The van der Waals surface area contributed by atoms with E-state index in [-0.39, 0.29) is 25.4 Å². The SMILES string of the molecule is CCOC(=O)OC(=O)CC(C)(C)N.Cl. The number of halogens is 1. The van der Waals surface area contributed by atoms with E-state index in [0.717, 1.165) is 0 Å². The minimum atomic E-state index is -0.975. The van der Waals surface area contributed by atoms with Crippen LogP contribution in [0.5, 0.6) is 0 Å². The van der Waals surface area contributed by atoms with E-state index >= 15 is 0 Å². The molecular weight excluding hydrogens is 210 g/mol. The number of hydrogen-bond acceptors (Lipinski definition) is 5. The van der Waals surface area contributed by atoms with E-state index in [2.05, 4.69) is 9.47 Å². The molecule has 0 aliphatic rings. The fourth-order valence-electron chi connectivity index (χ4n) is 0.648. The predicted octanol–water partition coefficient (Wildman–Crippen LogP) is 1.24. The van der Waals surface area contributed by atoms with Crippen molar-refractivity contribution in [2.24, 2.45) is 5.73 Å². The van der Waals surface area contributed by atoms with Crippen molar-refractivity contribution in [1.29, 1.82) is 0 Å². The molecule has 0 heterocycles. The van der Waals surface area contributed by atoms with Crippen LogP contribution in [-0.4, -0.2) is 24.3 Å². The highest BCUT2D eigenvalue weighted by Gasteiger charge is 2.20. The summed E-state index contributed by atoms with van der Waals surface area (Å²) in [7, 11) is 0. The third-order valence-electron chi connectivity index (χ3n) is 1.06. The van der Waals surface area contributed by atoms with Crippen molar-refractivity contribution >= 4 is 24.5 Å². The molecule has 0 aromatic rings. The van der Waals surface area contributed by atoms with Crippen molar-refractivity contribution < 1.29 is 19.1 Å². The second kappa shape index (κ2) is 6.62. The van der Waals surface area contributed by atoms with Crippen molar-refractivity contribution in [1.82, 2.24) is 0 Å². The van der Waals surface area contributed by atoms with E-state index in [1.807, 2.05) is 0 Å². The smallest absolute Gasteiger partial charge is 0.434 e. The molecule has 0 aromatic heterocycles. The van der Waals surface area contributed by atoms with Crippen molar-refractivity contribution in [2.45, 2.75) is 32.7 Å². The molecule has 0 unspecified atom stereocenters. The van der Waals surface area contributed by atoms with Crippen LogP contribution < -0.4 is 5.73 Å². The molecule has 0 radical (unpaired) electrons. The zero-order valence-corrected chi connectivity index (χ0v) is 9.35. The zero-order valence-electron chi connectivity index (χ0n) is 8.53. The highest BCUT2D eigenvalue weighted by atomic mass is 35.5. The monoisotopic (exact) mass is 225 g/mol. The van der Waals surface area contributed by atoms with Gasteiger partial charge in [-0.3, -0.25) is 4.79 Å². The molecule has 0 saturated heterocycles. The van der Waals surface area contributed by atoms with Gasteiger partial charge in [-0.25, -0.2) is 4.79 Å². The maximum atomic E-state index is 10.9. The number of nitrogens with two attached hydrogens (primary N) is 1. The molecule has 2 N–H and O–H groups in total. The van der Waals surface area contributed by atoms with Crippen LogP contribution >= 0.6 is 12.4 Å². The van der Waals surface area contributed by atoms with Crippen LogP contribution in [0.3, 0.4) is 0 Å². The Kier molecular flexibility index (Phi) is 7.40. The van der Waals surface area contributed by atoms with Gasteiger partial charge < -0.3 is 15.2 Å². The number of carbonyl (C=O) groups excluding carboxylic acids is 2. The van der Waals surface area contributed by atoms with E-state index in [9.17, 15) is 9.59 Å². The molecule has 0 saturated carbocycles. The van der Waals surface area contributed by atoms with E-state index in [4.69, 9.17) is 5.73 Å². The Labute approximate surface area is 89.3 Å². The molecular formula is C8H16ClNO4. The van der Waals surface area contributed by atoms with Gasteiger partial charge in [-0.1, -0.05) is 0 Å². The molecule has 0 atom stereocenters. The molecule has 0 fully saturated rings. The number of ether oxygens (including phenoxy) is 2. The van der Waals surface area contributed by atoms with Crippen LogP contribution in [0.2, 0.25) is 0 Å². The van der Waals surface area contributed by atoms with Crippen molar-refractivity contribution in [3.63, 3.8) is 0 Å². The summed E-state index contributed by atoms with van der Waals surface area (Å²) in [6.45, 7) is 5.13. The molecule has 0 amide bonds.